The second-order valence-corrected chi connectivity index (χ2v) is 7.58. The van der Waals surface area contributed by atoms with Gasteiger partial charge in [0.15, 0.2) is 11.5 Å². The average molecular weight is 390 g/mol. The summed E-state index contributed by atoms with van der Waals surface area (Å²) in [5.41, 5.74) is 3.53. The van der Waals surface area contributed by atoms with Crippen molar-refractivity contribution in [2.75, 3.05) is 33.2 Å². The number of aromatic hydroxyl groups is 2. The summed E-state index contributed by atoms with van der Waals surface area (Å²) in [6, 6.07) is 11.0. The molecule has 3 aromatic rings. The third-order valence-electron chi connectivity index (χ3n) is 5.63. The molecule has 29 heavy (non-hydrogen) atoms. The zero-order valence-corrected chi connectivity index (χ0v) is 16.2. The van der Waals surface area contributed by atoms with Crippen LogP contribution in [0.15, 0.2) is 51.0 Å². The molecular weight excluding hydrogens is 368 g/mol. The maximum atomic E-state index is 10.7. The lowest BCUT2D eigenvalue weighted by molar-refractivity contribution is 0.147. The molecule has 0 saturated carbocycles. The fourth-order valence-corrected chi connectivity index (χ4v) is 3.86. The maximum Gasteiger partial charge on any atom is 0.172 e. The van der Waals surface area contributed by atoms with Crippen LogP contribution in [0.4, 0.5) is 5.69 Å². The van der Waals surface area contributed by atoms with Crippen molar-refractivity contribution in [2.24, 2.45) is 10.2 Å². The number of piperazine rings is 1. The largest absolute Gasteiger partial charge is 0.507 e. The minimum absolute atomic E-state index is 0.0479. The minimum atomic E-state index is 0.0479. The molecule has 0 aliphatic carbocycles. The fraction of sp³-hybridized carbons (Fsp3) is 0.273. The van der Waals surface area contributed by atoms with Gasteiger partial charge in [-0.1, -0.05) is 18.2 Å². The molecule has 148 valence electrons. The summed E-state index contributed by atoms with van der Waals surface area (Å²) in [6.45, 7) is 4.40. The van der Waals surface area contributed by atoms with Crippen LogP contribution < -0.4 is 0 Å². The topological polar surface area (TPSA) is 84.8 Å². The monoisotopic (exact) mass is 390 g/mol. The maximum absolute atomic E-state index is 10.7. The van der Waals surface area contributed by atoms with E-state index in [9.17, 15) is 10.2 Å². The Hall–Kier alpha value is -3.16. The lowest BCUT2D eigenvalue weighted by Gasteiger charge is -2.32. The van der Waals surface area contributed by atoms with E-state index in [1.165, 1.54) is 0 Å². The highest BCUT2D eigenvalue weighted by Crippen LogP contribution is 2.42. The van der Waals surface area contributed by atoms with E-state index < -0.39 is 0 Å². The van der Waals surface area contributed by atoms with Crippen molar-refractivity contribution in [2.45, 2.75) is 6.54 Å². The number of phenolic OH excluding ortho intramolecular Hbond substituents is 1. The van der Waals surface area contributed by atoms with E-state index in [1.54, 1.807) is 18.2 Å². The number of hydrogen-bond donors (Lipinski definition) is 2. The van der Waals surface area contributed by atoms with Gasteiger partial charge in [-0.05, 0) is 25.2 Å². The van der Waals surface area contributed by atoms with Crippen LogP contribution >= 0.6 is 0 Å². The first-order valence-electron chi connectivity index (χ1n) is 9.70. The number of furan rings is 1. The molecule has 2 aromatic carbocycles. The van der Waals surface area contributed by atoms with Gasteiger partial charge in [-0.15, -0.1) is 10.2 Å². The van der Waals surface area contributed by atoms with Crippen molar-refractivity contribution < 1.29 is 14.6 Å². The van der Waals surface area contributed by atoms with Crippen LogP contribution in [-0.2, 0) is 6.54 Å². The summed E-state index contributed by atoms with van der Waals surface area (Å²) in [5.74, 6) is 0.540. The van der Waals surface area contributed by atoms with Crippen molar-refractivity contribution >= 4 is 28.4 Å². The van der Waals surface area contributed by atoms with Crippen molar-refractivity contribution in [3.05, 3.63) is 53.3 Å². The van der Waals surface area contributed by atoms with Crippen molar-refractivity contribution in [3.63, 3.8) is 0 Å². The van der Waals surface area contributed by atoms with E-state index in [4.69, 9.17) is 4.42 Å². The number of likely N-dealkylation sites (N-methyl/N-ethyl adjacent to an activating group) is 1. The number of azo groups is 1. The molecule has 7 nitrogen and oxygen atoms in total. The lowest BCUT2D eigenvalue weighted by Crippen LogP contribution is -2.43. The molecule has 0 atom stereocenters. The van der Waals surface area contributed by atoms with Crippen molar-refractivity contribution in [3.8, 4) is 11.5 Å². The molecule has 0 bridgehead atoms. The van der Waals surface area contributed by atoms with E-state index in [2.05, 4.69) is 27.1 Å². The number of rotatable bonds is 3. The van der Waals surface area contributed by atoms with Gasteiger partial charge in [0.2, 0.25) is 0 Å². The highest BCUT2D eigenvalue weighted by atomic mass is 16.4. The predicted octanol–water partition coefficient (Wildman–Crippen LogP) is 4.19. The number of phenols is 1. The summed E-state index contributed by atoms with van der Waals surface area (Å²) in [5, 5.41) is 30.2. The van der Waals surface area contributed by atoms with Gasteiger partial charge in [0.1, 0.15) is 11.3 Å². The third kappa shape index (κ3) is 3.18. The molecule has 5 rings (SSSR count). The summed E-state index contributed by atoms with van der Waals surface area (Å²) in [7, 11) is 2.11. The van der Waals surface area contributed by atoms with E-state index in [1.807, 2.05) is 24.3 Å². The van der Waals surface area contributed by atoms with Crippen LogP contribution in [0.1, 0.15) is 16.9 Å². The molecule has 7 heteroatoms. The van der Waals surface area contributed by atoms with Crippen molar-refractivity contribution in [1.82, 2.24) is 9.80 Å². The van der Waals surface area contributed by atoms with E-state index in [0.717, 1.165) is 37.4 Å². The Kier molecular flexibility index (Phi) is 4.34. The molecule has 1 aromatic heterocycles. The van der Waals surface area contributed by atoms with Crippen LogP contribution in [-0.4, -0.2) is 53.2 Å². The number of hydrogen-bond acceptors (Lipinski definition) is 7. The second kappa shape index (κ2) is 7.02. The molecule has 0 unspecified atom stereocenters. The Morgan fingerprint density at radius 3 is 2.66 bits per heavy atom. The van der Waals surface area contributed by atoms with Crippen LogP contribution in [0.2, 0.25) is 0 Å². The molecule has 0 radical (unpaired) electrons. The lowest BCUT2D eigenvalue weighted by atomic mass is 10.1. The van der Waals surface area contributed by atoms with Gasteiger partial charge in [-0.25, -0.2) is 0 Å². The van der Waals surface area contributed by atoms with Gasteiger partial charge in [-0.2, -0.15) is 0 Å². The Bertz CT molecular complexity index is 1140. The smallest absolute Gasteiger partial charge is 0.172 e. The second-order valence-electron chi connectivity index (χ2n) is 7.58. The summed E-state index contributed by atoms with van der Waals surface area (Å²) < 4.78 is 6.03. The Balaban J connectivity index is 1.53. The zero-order chi connectivity index (χ0) is 20.0. The summed E-state index contributed by atoms with van der Waals surface area (Å²) >= 11 is 0. The van der Waals surface area contributed by atoms with Gasteiger partial charge in [0.05, 0.1) is 22.3 Å². The first-order chi connectivity index (χ1) is 14.1. The molecule has 3 heterocycles. The molecule has 2 aliphatic heterocycles. The zero-order valence-electron chi connectivity index (χ0n) is 16.2. The average Bonchev–Trinajstić information content (AvgIpc) is 3.28. The molecular formula is C22H22N4O3. The van der Waals surface area contributed by atoms with Gasteiger partial charge in [0, 0.05) is 44.4 Å². The first kappa shape index (κ1) is 17.9. The minimum Gasteiger partial charge on any atom is -0.507 e. The Morgan fingerprint density at radius 1 is 1.03 bits per heavy atom. The molecule has 2 aliphatic rings. The highest BCUT2D eigenvalue weighted by molar-refractivity contribution is 5.95. The Morgan fingerprint density at radius 2 is 1.83 bits per heavy atom. The van der Waals surface area contributed by atoms with Crippen LogP contribution in [0.5, 0.6) is 11.5 Å². The Labute approximate surface area is 168 Å². The SMILES string of the molecule is CN1CCN(Cc2c(O)ccc3c(O)c(C=C4N=Nc5ccccc54)oc23)CC1. The van der Waals surface area contributed by atoms with Crippen LogP contribution in [0.25, 0.3) is 22.7 Å². The molecule has 2 N–H and O–H groups in total. The standard InChI is InChI=1S/C22H22N4O3/c1-25-8-10-26(11-9-25)13-16-19(27)7-6-15-21(28)20(29-22(15)16)12-18-14-4-2-3-5-17(14)23-24-18/h2-7,12,27-28H,8-11,13H2,1H3. The van der Waals surface area contributed by atoms with E-state index in [-0.39, 0.29) is 11.5 Å². The molecule has 0 amide bonds. The van der Waals surface area contributed by atoms with Gasteiger partial charge >= 0.3 is 0 Å². The van der Waals surface area contributed by atoms with Crippen molar-refractivity contribution in [1.29, 1.82) is 0 Å². The normalized spacial score (nSPS) is 18.7. The van der Waals surface area contributed by atoms with Crippen LogP contribution in [0.3, 0.4) is 0 Å². The number of fused-ring (bicyclic) bond motifs is 2. The molecule has 1 saturated heterocycles. The highest BCUT2D eigenvalue weighted by Gasteiger charge is 2.22. The summed E-state index contributed by atoms with van der Waals surface area (Å²) in [6.07, 6.45) is 1.70. The molecule has 1 fully saturated rings. The van der Waals surface area contributed by atoms with Gasteiger partial charge in [0.25, 0.3) is 0 Å². The van der Waals surface area contributed by atoms with Gasteiger partial charge < -0.3 is 19.5 Å². The number of benzene rings is 2. The third-order valence-corrected chi connectivity index (χ3v) is 5.63. The first-order valence-corrected chi connectivity index (χ1v) is 9.70. The molecule has 0 spiro atoms. The fourth-order valence-electron chi connectivity index (χ4n) is 3.86. The van der Waals surface area contributed by atoms with E-state index >= 15 is 0 Å². The van der Waals surface area contributed by atoms with Crippen LogP contribution in [0, 0.1) is 0 Å². The number of nitrogens with zero attached hydrogens (tertiary/aromatic N) is 4. The quantitative estimate of drug-likeness (QED) is 0.701. The van der Waals surface area contributed by atoms with Gasteiger partial charge in [-0.3, -0.25) is 4.90 Å². The summed E-state index contributed by atoms with van der Waals surface area (Å²) in [4.78, 5) is 4.57. The van der Waals surface area contributed by atoms with E-state index in [0.29, 0.717) is 34.5 Å². The predicted molar refractivity (Wildman–Crippen MR) is 111 cm³/mol.